The maximum atomic E-state index is 13.1. The van der Waals surface area contributed by atoms with Gasteiger partial charge in [-0.05, 0) is 45.0 Å². The molecule has 0 N–H and O–H groups in total. The minimum Gasteiger partial charge on any atom is -0.497 e. The predicted molar refractivity (Wildman–Crippen MR) is 92.4 cm³/mol. The molecule has 4 heteroatoms. The fourth-order valence-corrected chi connectivity index (χ4v) is 4.78. The third kappa shape index (κ3) is 3.88. The second kappa shape index (κ2) is 6.65. The van der Waals surface area contributed by atoms with Crippen molar-refractivity contribution in [2.75, 3.05) is 7.11 Å². The van der Waals surface area contributed by atoms with Crippen molar-refractivity contribution < 1.29 is 9.53 Å². The number of carbonyl (C=O) groups excluding carboxylic acids is 1. The Kier molecular flexibility index (Phi) is 5.62. The van der Waals surface area contributed by atoms with Gasteiger partial charge in [0.1, 0.15) is 5.75 Å². The molecule has 0 heterocycles. The van der Waals surface area contributed by atoms with E-state index in [9.17, 15) is 4.79 Å². The van der Waals surface area contributed by atoms with Gasteiger partial charge in [0.15, 0.2) is 0 Å². The summed E-state index contributed by atoms with van der Waals surface area (Å²) in [6.07, 6.45) is 0. The lowest BCUT2D eigenvalue weighted by atomic mass is 10.1. The van der Waals surface area contributed by atoms with E-state index in [2.05, 4.69) is 47.3 Å². The van der Waals surface area contributed by atoms with E-state index >= 15 is 0 Å². The predicted octanol–water partition coefficient (Wildman–Crippen LogP) is 3.50. The third-order valence-corrected chi connectivity index (χ3v) is 5.59. The van der Waals surface area contributed by atoms with Crippen LogP contribution in [0.5, 0.6) is 5.75 Å². The molecule has 0 fully saturated rings. The van der Waals surface area contributed by atoms with Crippen molar-refractivity contribution in [3.05, 3.63) is 23.8 Å². The Morgan fingerprint density at radius 1 is 1.10 bits per heavy atom. The number of benzene rings is 1. The lowest BCUT2D eigenvalue weighted by Gasteiger charge is -2.33. The number of methoxy groups -OCH3 is 1. The topological polar surface area (TPSA) is 29.5 Å². The van der Waals surface area contributed by atoms with Gasteiger partial charge in [0.2, 0.25) is 0 Å². The lowest BCUT2D eigenvalue weighted by Crippen LogP contribution is -2.48. The Bertz CT molecular complexity index is 496. The van der Waals surface area contributed by atoms with Crippen molar-refractivity contribution in [1.82, 2.24) is 4.90 Å². The van der Waals surface area contributed by atoms with Gasteiger partial charge in [0.05, 0.1) is 15.2 Å². The van der Waals surface area contributed by atoms with Gasteiger partial charge in [0.25, 0.3) is 5.91 Å². The summed E-state index contributed by atoms with van der Waals surface area (Å²) in [6, 6.07) is 6.17. The molecule has 0 atom stereocenters. The van der Waals surface area contributed by atoms with Crippen LogP contribution in [0.2, 0.25) is 19.6 Å². The van der Waals surface area contributed by atoms with Crippen LogP contribution in [-0.4, -0.2) is 38.1 Å². The van der Waals surface area contributed by atoms with Gasteiger partial charge in [0, 0.05) is 17.6 Å². The summed E-state index contributed by atoms with van der Waals surface area (Å²) < 4.78 is 5.53. The highest BCUT2D eigenvalue weighted by molar-refractivity contribution is 6.90. The van der Waals surface area contributed by atoms with Crippen LogP contribution >= 0.6 is 0 Å². The number of ether oxygens (including phenoxy) is 1. The van der Waals surface area contributed by atoms with Crippen molar-refractivity contribution in [3.63, 3.8) is 0 Å². The van der Waals surface area contributed by atoms with Crippen LogP contribution < -0.4 is 9.92 Å². The molecule has 21 heavy (non-hydrogen) atoms. The van der Waals surface area contributed by atoms with Crippen molar-refractivity contribution >= 4 is 19.2 Å². The van der Waals surface area contributed by atoms with Crippen molar-refractivity contribution in [1.29, 1.82) is 0 Å². The van der Waals surface area contributed by atoms with Gasteiger partial charge in [-0.15, -0.1) is 0 Å². The highest BCUT2D eigenvalue weighted by atomic mass is 28.3. The second-order valence-electron chi connectivity index (χ2n) is 7.03. The Morgan fingerprint density at radius 2 is 1.62 bits per heavy atom. The zero-order valence-electron chi connectivity index (χ0n) is 14.7. The van der Waals surface area contributed by atoms with Crippen LogP contribution in [0.15, 0.2) is 18.2 Å². The van der Waals surface area contributed by atoms with Crippen LogP contribution in [0.3, 0.4) is 0 Å². The largest absolute Gasteiger partial charge is 0.497 e. The fraction of sp³-hybridized carbons (Fsp3) is 0.588. The highest BCUT2D eigenvalue weighted by Gasteiger charge is 2.31. The normalized spacial score (nSPS) is 11.9. The molecule has 0 aromatic heterocycles. The number of nitrogens with zero attached hydrogens (tertiary/aromatic N) is 1. The van der Waals surface area contributed by atoms with Gasteiger partial charge >= 0.3 is 0 Å². The summed E-state index contributed by atoms with van der Waals surface area (Å²) in [4.78, 5) is 15.0. The minimum atomic E-state index is -1.69. The molecule has 118 valence electrons. The number of hydrogen-bond acceptors (Lipinski definition) is 2. The first kappa shape index (κ1) is 17.8. The monoisotopic (exact) mass is 307 g/mol. The van der Waals surface area contributed by atoms with Crippen molar-refractivity contribution in [3.8, 4) is 5.75 Å². The van der Waals surface area contributed by atoms with Gasteiger partial charge < -0.3 is 9.64 Å². The van der Waals surface area contributed by atoms with Gasteiger partial charge in [-0.25, -0.2) is 0 Å². The maximum Gasteiger partial charge on any atom is 0.254 e. The summed E-state index contributed by atoms with van der Waals surface area (Å²) >= 11 is 0. The van der Waals surface area contributed by atoms with E-state index < -0.39 is 8.07 Å². The first-order chi connectivity index (χ1) is 9.61. The van der Waals surface area contributed by atoms with Gasteiger partial charge in [-0.1, -0.05) is 25.7 Å². The molecular weight excluding hydrogens is 278 g/mol. The number of amides is 1. The molecule has 0 bridgehead atoms. The highest BCUT2D eigenvalue weighted by Crippen LogP contribution is 2.20. The van der Waals surface area contributed by atoms with E-state index in [0.717, 1.165) is 16.5 Å². The van der Waals surface area contributed by atoms with E-state index in [1.54, 1.807) is 7.11 Å². The smallest absolute Gasteiger partial charge is 0.254 e. The second-order valence-corrected chi connectivity index (χ2v) is 12.0. The standard InChI is InChI=1S/C17H29NO2Si/c1-12(2)18(13(3)4)17(19)14-10-9-11-15(20-5)16(14)21(6,7)8/h9-13H,1-8H3. The van der Waals surface area contributed by atoms with E-state index in [0.29, 0.717) is 0 Å². The van der Waals surface area contributed by atoms with Gasteiger partial charge in [-0.3, -0.25) is 4.79 Å². The molecule has 0 saturated heterocycles. The van der Waals surface area contributed by atoms with E-state index in [1.807, 2.05) is 23.1 Å². The number of hydrogen-bond donors (Lipinski definition) is 0. The third-order valence-electron chi connectivity index (χ3n) is 3.57. The zero-order valence-corrected chi connectivity index (χ0v) is 15.7. The molecule has 0 saturated carbocycles. The van der Waals surface area contributed by atoms with E-state index in [1.165, 1.54) is 0 Å². The Balaban J connectivity index is 3.46. The van der Waals surface area contributed by atoms with Crippen molar-refractivity contribution in [2.45, 2.75) is 59.4 Å². The zero-order chi connectivity index (χ0) is 16.4. The first-order valence-corrected chi connectivity index (χ1v) is 11.1. The van der Waals surface area contributed by atoms with Crippen LogP contribution in [0.1, 0.15) is 38.1 Å². The molecule has 1 rings (SSSR count). The van der Waals surface area contributed by atoms with Gasteiger partial charge in [-0.2, -0.15) is 0 Å². The van der Waals surface area contributed by atoms with Crippen LogP contribution in [-0.2, 0) is 0 Å². The summed E-state index contributed by atoms with van der Waals surface area (Å²) in [7, 11) is -0.0176. The molecule has 0 aliphatic heterocycles. The first-order valence-electron chi connectivity index (χ1n) is 7.61. The van der Waals surface area contributed by atoms with Crippen LogP contribution in [0, 0.1) is 0 Å². The van der Waals surface area contributed by atoms with Crippen LogP contribution in [0.4, 0.5) is 0 Å². The summed E-state index contributed by atoms with van der Waals surface area (Å²) in [5, 5.41) is 1.11. The Hall–Kier alpha value is -1.29. The molecule has 0 aliphatic rings. The SMILES string of the molecule is COc1cccc(C(=O)N(C(C)C)C(C)C)c1[Si](C)(C)C. The van der Waals surface area contributed by atoms with E-state index in [4.69, 9.17) is 4.74 Å². The van der Waals surface area contributed by atoms with Crippen molar-refractivity contribution in [2.24, 2.45) is 0 Å². The van der Waals surface area contributed by atoms with E-state index in [-0.39, 0.29) is 18.0 Å². The number of carbonyl (C=O) groups is 1. The number of rotatable bonds is 5. The molecule has 1 amide bonds. The summed E-state index contributed by atoms with van der Waals surface area (Å²) in [6.45, 7) is 15.0. The molecular formula is C17H29NO2Si. The minimum absolute atomic E-state index is 0.108. The maximum absolute atomic E-state index is 13.1. The molecule has 0 radical (unpaired) electrons. The molecule has 1 aromatic carbocycles. The molecule has 0 aliphatic carbocycles. The summed E-state index contributed by atoms with van der Waals surface area (Å²) in [5.41, 5.74) is 0.802. The average Bonchev–Trinajstić information content (AvgIpc) is 2.35. The Morgan fingerprint density at radius 3 is 2.00 bits per heavy atom. The molecule has 3 nitrogen and oxygen atoms in total. The van der Waals surface area contributed by atoms with Crippen LogP contribution in [0.25, 0.3) is 0 Å². The fourth-order valence-electron chi connectivity index (χ4n) is 2.86. The quantitative estimate of drug-likeness (QED) is 0.779. The molecule has 1 aromatic rings. The lowest BCUT2D eigenvalue weighted by molar-refractivity contribution is 0.0644. The average molecular weight is 308 g/mol. The Labute approximate surface area is 130 Å². The summed E-state index contributed by atoms with van der Waals surface area (Å²) in [5.74, 6) is 0.948. The molecule has 0 unspecified atom stereocenters. The molecule has 0 spiro atoms.